The van der Waals surface area contributed by atoms with Gasteiger partial charge in [0, 0.05) is 17.8 Å². The standard InChI is InChI=1S/C12H17NO2S/c1-11-7-5-4-6-8(7)12(2,15-11)14-10(6)16-9(5)13(11)3/h5-10H,4H2,1-3H3/t5-,6+,7-,8-,9-,10+,11+,12-/m1/s1. The molecule has 0 aromatic heterocycles. The van der Waals surface area contributed by atoms with E-state index >= 15 is 0 Å². The number of thioether (sulfide) groups is 1. The third kappa shape index (κ3) is 0.664. The summed E-state index contributed by atoms with van der Waals surface area (Å²) in [7, 11) is 2.24. The van der Waals surface area contributed by atoms with E-state index in [0.29, 0.717) is 22.6 Å². The molecule has 0 aromatic rings. The first-order valence-electron chi connectivity index (χ1n) is 6.31. The third-order valence-corrected chi connectivity index (χ3v) is 7.57. The van der Waals surface area contributed by atoms with E-state index in [1.165, 1.54) is 6.42 Å². The van der Waals surface area contributed by atoms with Crippen LogP contribution in [0.2, 0.25) is 0 Å². The molecule has 0 N–H and O–H groups in total. The van der Waals surface area contributed by atoms with E-state index in [2.05, 4.69) is 37.6 Å². The Morgan fingerprint density at radius 1 is 1.25 bits per heavy atom. The van der Waals surface area contributed by atoms with Crippen LogP contribution in [0, 0.1) is 23.7 Å². The minimum absolute atomic E-state index is 0.0676. The molecule has 0 spiro atoms. The molecule has 0 radical (unpaired) electrons. The molecule has 5 aliphatic rings. The summed E-state index contributed by atoms with van der Waals surface area (Å²) in [5, 5.41) is 0.631. The Kier molecular flexibility index (Phi) is 1.28. The van der Waals surface area contributed by atoms with Crippen LogP contribution in [0.4, 0.5) is 0 Å². The summed E-state index contributed by atoms with van der Waals surface area (Å²) < 4.78 is 12.6. The maximum Gasteiger partial charge on any atom is 0.173 e. The molecule has 16 heavy (non-hydrogen) atoms. The van der Waals surface area contributed by atoms with E-state index in [1.807, 2.05) is 0 Å². The molecule has 4 saturated heterocycles. The minimum atomic E-state index is -0.295. The number of nitrogens with zero attached hydrogens (tertiary/aromatic N) is 1. The van der Waals surface area contributed by atoms with Crippen LogP contribution >= 0.6 is 11.8 Å². The first kappa shape index (κ1) is 9.20. The van der Waals surface area contributed by atoms with Gasteiger partial charge in [0.15, 0.2) is 5.79 Å². The molecule has 1 aliphatic carbocycles. The quantitative estimate of drug-likeness (QED) is 0.641. The van der Waals surface area contributed by atoms with Gasteiger partial charge in [0.2, 0.25) is 0 Å². The van der Waals surface area contributed by atoms with E-state index in [0.717, 1.165) is 11.8 Å². The molecular weight excluding hydrogens is 222 g/mol. The summed E-state index contributed by atoms with van der Waals surface area (Å²) in [6.07, 6.45) is 1.37. The molecule has 88 valence electrons. The molecule has 4 aliphatic heterocycles. The predicted molar refractivity (Wildman–Crippen MR) is 60.5 cm³/mol. The normalized spacial score (nSPS) is 74.4. The first-order chi connectivity index (χ1) is 7.55. The van der Waals surface area contributed by atoms with Crippen LogP contribution in [0.1, 0.15) is 20.3 Å². The van der Waals surface area contributed by atoms with Crippen molar-refractivity contribution >= 4 is 11.8 Å². The maximum absolute atomic E-state index is 6.39. The highest BCUT2D eigenvalue weighted by molar-refractivity contribution is 8.00. The molecule has 0 amide bonds. The van der Waals surface area contributed by atoms with Crippen molar-refractivity contribution in [2.45, 2.75) is 42.6 Å². The van der Waals surface area contributed by atoms with Crippen LogP contribution in [0.15, 0.2) is 0 Å². The number of rotatable bonds is 0. The molecule has 8 atom stereocenters. The van der Waals surface area contributed by atoms with E-state index in [-0.39, 0.29) is 11.5 Å². The van der Waals surface area contributed by atoms with Gasteiger partial charge in [-0.05, 0) is 33.2 Å². The average molecular weight is 239 g/mol. The van der Waals surface area contributed by atoms with Crippen molar-refractivity contribution in [2.75, 3.05) is 7.05 Å². The summed E-state index contributed by atoms with van der Waals surface area (Å²) in [4.78, 5) is 2.48. The summed E-state index contributed by atoms with van der Waals surface area (Å²) in [5.41, 5.74) is 0.329. The highest BCUT2D eigenvalue weighted by Gasteiger charge is 2.80. The van der Waals surface area contributed by atoms with Gasteiger partial charge < -0.3 is 9.47 Å². The molecule has 5 rings (SSSR count). The molecule has 4 heterocycles. The molecule has 3 nitrogen and oxygen atoms in total. The van der Waals surface area contributed by atoms with Crippen LogP contribution < -0.4 is 0 Å². The molecule has 1 saturated carbocycles. The highest BCUT2D eigenvalue weighted by Crippen LogP contribution is 2.75. The Labute approximate surface area is 99.8 Å². The Balaban J connectivity index is 1.80. The van der Waals surface area contributed by atoms with Crippen molar-refractivity contribution in [1.82, 2.24) is 4.90 Å². The van der Waals surface area contributed by atoms with Crippen molar-refractivity contribution < 1.29 is 9.47 Å². The Bertz CT molecular complexity index is 404. The SMILES string of the molecule is CN1[C@@H]2S[C@@H]3O[C@]4(C)O[C@@]1(C)[C@@H]1[C@H]2C[C@H]3[C@H]14. The number of ether oxygens (including phenoxy) is 2. The zero-order valence-corrected chi connectivity index (χ0v) is 10.7. The smallest absolute Gasteiger partial charge is 0.173 e. The third-order valence-electron chi connectivity index (χ3n) is 5.91. The Morgan fingerprint density at radius 3 is 2.88 bits per heavy atom. The van der Waals surface area contributed by atoms with Gasteiger partial charge in [-0.15, -0.1) is 11.8 Å². The zero-order chi connectivity index (χ0) is 10.9. The van der Waals surface area contributed by atoms with Crippen LogP contribution in [0.25, 0.3) is 0 Å². The molecule has 4 heteroatoms. The molecule has 0 aromatic carbocycles. The second-order valence-corrected chi connectivity index (χ2v) is 7.63. The second kappa shape index (κ2) is 2.22. The first-order valence-corrected chi connectivity index (χ1v) is 7.25. The summed E-state index contributed by atoms with van der Waals surface area (Å²) in [6, 6.07) is 0. The maximum atomic E-state index is 6.39. The monoisotopic (exact) mass is 239 g/mol. The van der Waals surface area contributed by atoms with Crippen molar-refractivity contribution in [1.29, 1.82) is 0 Å². The summed E-state index contributed by atoms with van der Waals surface area (Å²) >= 11 is 2.06. The molecule has 0 unspecified atom stereocenters. The molecule has 5 fully saturated rings. The van der Waals surface area contributed by atoms with Crippen molar-refractivity contribution in [3.05, 3.63) is 0 Å². The van der Waals surface area contributed by atoms with Crippen LogP contribution in [-0.2, 0) is 9.47 Å². The van der Waals surface area contributed by atoms with Crippen molar-refractivity contribution in [2.24, 2.45) is 23.7 Å². The van der Waals surface area contributed by atoms with Gasteiger partial charge in [0.25, 0.3) is 0 Å². The van der Waals surface area contributed by atoms with Crippen molar-refractivity contribution in [3.63, 3.8) is 0 Å². The van der Waals surface area contributed by atoms with E-state index in [1.54, 1.807) is 0 Å². The molecule has 2 bridgehead atoms. The fourth-order valence-corrected chi connectivity index (χ4v) is 7.31. The lowest BCUT2D eigenvalue weighted by Gasteiger charge is -2.42. The fraction of sp³-hybridized carbons (Fsp3) is 1.00. The van der Waals surface area contributed by atoms with Gasteiger partial charge in [0.05, 0.1) is 5.37 Å². The Morgan fingerprint density at radius 2 is 2.06 bits per heavy atom. The van der Waals surface area contributed by atoms with Gasteiger partial charge in [0.1, 0.15) is 11.2 Å². The topological polar surface area (TPSA) is 21.7 Å². The van der Waals surface area contributed by atoms with E-state index < -0.39 is 0 Å². The van der Waals surface area contributed by atoms with E-state index in [4.69, 9.17) is 9.47 Å². The van der Waals surface area contributed by atoms with Gasteiger partial charge in [-0.1, -0.05) is 0 Å². The average Bonchev–Trinajstić information content (AvgIpc) is 2.80. The van der Waals surface area contributed by atoms with Crippen molar-refractivity contribution in [3.8, 4) is 0 Å². The lowest BCUT2D eigenvalue weighted by Crippen LogP contribution is -2.49. The number of hydrogen-bond acceptors (Lipinski definition) is 4. The highest BCUT2D eigenvalue weighted by atomic mass is 32.2. The zero-order valence-electron chi connectivity index (χ0n) is 9.84. The van der Waals surface area contributed by atoms with Gasteiger partial charge in [-0.25, -0.2) is 0 Å². The lowest BCUT2D eigenvalue weighted by molar-refractivity contribution is -0.263. The predicted octanol–water partition coefficient (Wildman–Crippen LogP) is 1.69. The van der Waals surface area contributed by atoms with Gasteiger partial charge in [-0.2, -0.15) is 0 Å². The fourth-order valence-electron chi connectivity index (χ4n) is 5.43. The van der Waals surface area contributed by atoms with E-state index in [9.17, 15) is 0 Å². The largest absolute Gasteiger partial charge is 0.336 e. The Hall–Kier alpha value is 0.230. The van der Waals surface area contributed by atoms with Gasteiger partial charge >= 0.3 is 0 Å². The molecular formula is C12H17NO2S. The van der Waals surface area contributed by atoms with Crippen LogP contribution in [-0.4, -0.2) is 34.3 Å². The number of likely N-dealkylation sites (tertiary alicyclic amines) is 1. The number of hydrogen-bond donors (Lipinski definition) is 0. The van der Waals surface area contributed by atoms with Crippen LogP contribution in [0.3, 0.4) is 0 Å². The summed E-state index contributed by atoms with van der Waals surface area (Å²) in [5.74, 6) is 2.66. The lowest BCUT2D eigenvalue weighted by atomic mass is 9.83. The second-order valence-electron chi connectivity index (χ2n) is 6.41. The summed E-state index contributed by atoms with van der Waals surface area (Å²) in [6.45, 7) is 4.45. The van der Waals surface area contributed by atoms with Gasteiger partial charge in [-0.3, -0.25) is 4.90 Å². The minimum Gasteiger partial charge on any atom is -0.336 e. The van der Waals surface area contributed by atoms with Crippen LogP contribution in [0.5, 0.6) is 0 Å².